The van der Waals surface area contributed by atoms with Crippen molar-refractivity contribution in [1.82, 2.24) is 5.32 Å². The van der Waals surface area contributed by atoms with Crippen LogP contribution in [-0.4, -0.2) is 19.6 Å². The SMILES string of the molecule is CC(C)(C)CC(CN)CNCCC1CCC1. The molecule has 3 N–H and O–H groups in total. The minimum absolute atomic E-state index is 0.402. The maximum Gasteiger partial charge on any atom is -0.000826 e. The van der Waals surface area contributed by atoms with Crippen molar-refractivity contribution in [1.29, 1.82) is 0 Å². The van der Waals surface area contributed by atoms with Gasteiger partial charge >= 0.3 is 0 Å². The van der Waals surface area contributed by atoms with Crippen LogP contribution in [0.2, 0.25) is 0 Å². The summed E-state index contributed by atoms with van der Waals surface area (Å²) < 4.78 is 0. The van der Waals surface area contributed by atoms with Crippen LogP contribution in [0.3, 0.4) is 0 Å². The molecule has 0 amide bonds. The monoisotopic (exact) mass is 226 g/mol. The van der Waals surface area contributed by atoms with Crippen LogP contribution in [0.1, 0.15) is 52.9 Å². The maximum absolute atomic E-state index is 5.82. The van der Waals surface area contributed by atoms with Crippen LogP contribution in [0.25, 0.3) is 0 Å². The predicted molar refractivity (Wildman–Crippen MR) is 71.4 cm³/mol. The van der Waals surface area contributed by atoms with E-state index in [1.165, 1.54) is 38.6 Å². The zero-order chi connectivity index (χ0) is 12.0. The number of nitrogens with two attached hydrogens (primary N) is 1. The van der Waals surface area contributed by atoms with Crippen molar-refractivity contribution in [3.8, 4) is 0 Å². The molecule has 1 fully saturated rings. The quantitative estimate of drug-likeness (QED) is 0.655. The molecule has 1 aliphatic rings. The molecule has 2 heteroatoms. The molecule has 96 valence electrons. The van der Waals surface area contributed by atoms with Crippen LogP contribution in [-0.2, 0) is 0 Å². The third-order valence-corrected chi connectivity index (χ3v) is 3.62. The van der Waals surface area contributed by atoms with Gasteiger partial charge in [-0.2, -0.15) is 0 Å². The van der Waals surface area contributed by atoms with E-state index in [-0.39, 0.29) is 0 Å². The van der Waals surface area contributed by atoms with Crippen LogP contribution >= 0.6 is 0 Å². The Morgan fingerprint density at radius 1 is 1.31 bits per heavy atom. The van der Waals surface area contributed by atoms with E-state index in [2.05, 4.69) is 26.1 Å². The molecule has 1 saturated carbocycles. The van der Waals surface area contributed by atoms with Gasteiger partial charge in [-0.1, -0.05) is 40.0 Å². The summed E-state index contributed by atoms with van der Waals surface area (Å²) in [6.07, 6.45) is 6.97. The number of hydrogen-bond acceptors (Lipinski definition) is 2. The molecule has 0 radical (unpaired) electrons. The molecule has 2 nitrogen and oxygen atoms in total. The van der Waals surface area contributed by atoms with E-state index in [4.69, 9.17) is 5.73 Å². The van der Waals surface area contributed by atoms with Gasteiger partial charge in [0.2, 0.25) is 0 Å². The molecule has 1 rings (SSSR count). The molecule has 1 unspecified atom stereocenters. The lowest BCUT2D eigenvalue weighted by atomic mass is 9.83. The fourth-order valence-electron chi connectivity index (χ4n) is 2.50. The van der Waals surface area contributed by atoms with Gasteiger partial charge < -0.3 is 11.1 Å². The fraction of sp³-hybridized carbons (Fsp3) is 1.00. The second-order valence-electron chi connectivity index (χ2n) is 6.66. The maximum atomic E-state index is 5.82. The molecule has 0 aromatic heterocycles. The van der Waals surface area contributed by atoms with Gasteiger partial charge in [-0.05, 0) is 49.7 Å². The van der Waals surface area contributed by atoms with Crippen LogP contribution in [0.5, 0.6) is 0 Å². The zero-order valence-corrected chi connectivity index (χ0v) is 11.4. The van der Waals surface area contributed by atoms with E-state index >= 15 is 0 Å². The first-order valence-corrected chi connectivity index (χ1v) is 6.92. The summed E-state index contributed by atoms with van der Waals surface area (Å²) in [6, 6.07) is 0. The molecule has 0 spiro atoms. The Bertz CT molecular complexity index is 180. The summed E-state index contributed by atoms with van der Waals surface area (Å²) in [5.74, 6) is 1.66. The van der Waals surface area contributed by atoms with Crippen LogP contribution in [0, 0.1) is 17.3 Å². The van der Waals surface area contributed by atoms with Gasteiger partial charge in [-0.3, -0.25) is 0 Å². The molecular weight excluding hydrogens is 196 g/mol. The van der Waals surface area contributed by atoms with Crippen LogP contribution < -0.4 is 11.1 Å². The zero-order valence-electron chi connectivity index (χ0n) is 11.4. The van der Waals surface area contributed by atoms with Gasteiger partial charge in [0.15, 0.2) is 0 Å². The molecule has 0 aliphatic heterocycles. The molecular formula is C14H30N2. The third-order valence-electron chi connectivity index (χ3n) is 3.62. The van der Waals surface area contributed by atoms with E-state index in [1.807, 2.05) is 0 Å². The first kappa shape index (κ1) is 14.0. The van der Waals surface area contributed by atoms with E-state index in [0.717, 1.165) is 19.0 Å². The molecule has 0 saturated heterocycles. The summed E-state index contributed by atoms with van der Waals surface area (Å²) in [5, 5.41) is 3.58. The van der Waals surface area contributed by atoms with Gasteiger partial charge in [0.05, 0.1) is 0 Å². The summed E-state index contributed by atoms with van der Waals surface area (Å²) >= 11 is 0. The minimum Gasteiger partial charge on any atom is -0.330 e. The first-order valence-electron chi connectivity index (χ1n) is 6.92. The van der Waals surface area contributed by atoms with Crippen molar-refractivity contribution < 1.29 is 0 Å². The molecule has 16 heavy (non-hydrogen) atoms. The Labute approximate surface area is 101 Å². The molecule has 0 bridgehead atoms. The van der Waals surface area contributed by atoms with Crippen molar-refractivity contribution in [3.05, 3.63) is 0 Å². The summed E-state index contributed by atoms with van der Waals surface area (Å²) in [4.78, 5) is 0. The number of hydrogen-bond donors (Lipinski definition) is 2. The summed E-state index contributed by atoms with van der Waals surface area (Å²) in [5.41, 5.74) is 6.22. The second kappa shape index (κ2) is 6.61. The fourth-order valence-corrected chi connectivity index (χ4v) is 2.50. The lowest BCUT2D eigenvalue weighted by molar-refractivity contribution is 0.271. The second-order valence-corrected chi connectivity index (χ2v) is 6.66. The molecule has 0 aromatic carbocycles. The Hall–Kier alpha value is -0.0800. The average molecular weight is 226 g/mol. The molecule has 0 aromatic rings. The Morgan fingerprint density at radius 2 is 2.00 bits per heavy atom. The highest BCUT2D eigenvalue weighted by Crippen LogP contribution is 2.28. The van der Waals surface area contributed by atoms with Crippen LogP contribution in [0.4, 0.5) is 0 Å². The molecule has 1 atom stereocenters. The first-order chi connectivity index (χ1) is 7.51. The third kappa shape index (κ3) is 5.86. The van der Waals surface area contributed by atoms with E-state index in [0.29, 0.717) is 11.3 Å². The van der Waals surface area contributed by atoms with E-state index < -0.39 is 0 Å². The van der Waals surface area contributed by atoms with Crippen molar-refractivity contribution in [2.24, 2.45) is 23.0 Å². The average Bonchev–Trinajstić information content (AvgIpc) is 2.10. The Morgan fingerprint density at radius 3 is 2.44 bits per heavy atom. The van der Waals surface area contributed by atoms with Gasteiger partial charge in [-0.15, -0.1) is 0 Å². The van der Waals surface area contributed by atoms with Crippen LogP contribution in [0.15, 0.2) is 0 Å². The standard InChI is InChI=1S/C14H30N2/c1-14(2,3)9-13(10-15)11-16-8-7-12-5-4-6-12/h12-13,16H,4-11,15H2,1-3H3. The molecule has 1 aliphatic carbocycles. The van der Waals surface area contributed by atoms with Gasteiger partial charge in [0, 0.05) is 0 Å². The predicted octanol–water partition coefficient (Wildman–Crippen LogP) is 2.78. The summed E-state index contributed by atoms with van der Waals surface area (Å²) in [7, 11) is 0. The smallest absolute Gasteiger partial charge is 0.000826 e. The van der Waals surface area contributed by atoms with Crippen molar-refractivity contribution >= 4 is 0 Å². The van der Waals surface area contributed by atoms with E-state index in [9.17, 15) is 0 Å². The number of rotatable bonds is 7. The van der Waals surface area contributed by atoms with Crippen molar-refractivity contribution in [3.63, 3.8) is 0 Å². The highest BCUT2D eigenvalue weighted by molar-refractivity contribution is 4.73. The van der Waals surface area contributed by atoms with Gasteiger partial charge in [0.1, 0.15) is 0 Å². The highest BCUT2D eigenvalue weighted by atomic mass is 14.9. The lowest BCUT2D eigenvalue weighted by Gasteiger charge is -2.27. The van der Waals surface area contributed by atoms with Crippen molar-refractivity contribution in [2.45, 2.75) is 52.9 Å². The van der Waals surface area contributed by atoms with Gasteiger partial charge in [-0.25, -0.2) is 0 Å². The van der Waals surface area contributed by atoms with Gasteiger partial charge in [0.25, 0.3) is 0 Å². The molecule has 0 heterocycles. The number of nitrogens with one attached hydrogen (secondary N) is 1. The van der Waals surface area contributed by atoms with E-state index in [1.54, 1.807) is 0 Å². The lowest BCUT2D eigenvalue weighted by Crippen LogP contribution is -2.32. The largest absolute Gasteiger partial charge is 0.330 e. The Kier molecular flexibility index (Phi) is 5.77. The topological polar surface area (TPSA) is 38.0 Å². The van der Waals surface area contributed by atoms with Crippen molar-refractivity contribution in [2.75, 3.05) is 19.6 Å². The minimum atomic E-state index is 0.402. The normalized spacial score (nSPS) is 19.5. The Balaban J connectivity index is 2.03. The highest BCUT2D eigenvalue weighted by Gasteiger charge is 2.18. The summed E-state index contributed by atoms with van der Waals surface area (Å²) in [6.45, 7) is 9.98.